The number of piperidine rings is 1. The van der Waals surface area contributed by atoms with E-state index in [9.17, 15) is 31.3 Å². The third kappa shape index (κ3) is 5.86. The van der Waals surface area contributed by atoms with Gasteiger partial charge in [-0.2, -0.15) is 8.78 Å². The number of hydrogen-bond acceptors (Lipinski definition) is 7. The van der Waals surface area contributed by atoms with Crippen molar-refractivity contribution in [3.63, 3.8) is 0 Å². The van der Waals surface area contributed by atoms with Gasteiger partial charge in [-0.1, -0.05) is 0 Å². The zero-order valence-corrected chi connectivity index (χ0v) is 14.4. The fraction of sp³-hybridized carbons (Fsp3) is 0.846. The van der Waals surface area contributed by atoms with E-state index in [1.165, 1.54) is 4.90 Å². The molecule has 0 unspecified atom stereocenters. The molecule has 1 rings (SSSR count). The molecule has 1 fully saturated rings. The van der Waals surface area contributed by atoms with Gasteiger partial charge in [0.15, 0.2) is 16.7 Å². The molecule has 0 saturated carbocycles. The summed E-state index contributed by atoms with van der Waals surface area (Å²) in [4.78, 5) is 24.9. The molecule has 0 radical (unpaired) electrons. The van der Waals surface area contributed by atoms with Gasteiger partial charge in [-0.05, 0) is 33.6 Å². The van der Waals surface area contributed by atoms with Crippen LogP contribution in [-0.4, -0.2) is 60.5 Å². The lowest BCUT2D eigenvalue weighted by Crippen LogP contribution is -2.43. The fourth-order valence-electron chi connectivity index (χ4n) is 1.97. The number of esters is 1. The molecule has 0 aliphatic carbocycles. The maximum absolute atomic E-state index is 12.9. The minimum atomic E-state index is -5.90. The van der Waals surface area contributed by atoms with Crippen LogP contribution in [0.3, 0.4) is 0 Å². The van der Waals surface area contributed by atoms with E-state index in [2.05, 4.69) is 4.74 Å². The Morgan fingerprint density at radius 3 is 2.12 bits per heavy atom. The highest BCUT2D eigenvalue weighted by molar-refractivity contribution is 7.86. The summed E-state index contributed by atoms with van der Waals surface area (Å²) < 4.78 is 66.2. The van der Waals surface area contributed by atoms with E-state index in [1.54, 1.807) is 20.8 Å². The second-order valence-corrected chi connectivity index (χ2v) is 7.95. The maximum atomic E-state index is 12.9. The van der Waals surface area contributed by atoms with Gasteiger partial charge in [0.1, 0.15) is 5.60 Å². The molecule has 0 bridgehead atoms. The van der Waals surface area contributed by atoms with Crippen LogP contribution in [0.5, 0.6) is 0 Å². The highest BCUT2D eigenvalue weighted by Gasteiger charge is 2.40. The molecular formula is C13H20F2NO7S-. The normalized spacial score (nSPS) is 17.5. The molecule has 0 aromatic heterocycles. The quantitative estimate of drug-likeness (QED) is 0.540. The van der Waals surface area contributed by atoms with Crippen molar-refractivity contribution in [2.45, 2.75) is 44.5 Å². The summed E-state index contributed by atoms with van der Waals surface area (Å²) in [6.07, 6.45) is -0.222. The summed E-state index contributed by atoms with van der Waals surface area (Å²) in [5.74, 6) is -1.78. The third-order valence-electron chi connectivity index (χ3n) is 3.23. The maximum Gasteiger partial charge on any atom is 0.410 e. The van der Waals surface area contributed by atoms with Crippen LogP contribution < -0.4 is 0 Å². The monoisotopic (exact) mass is 372 g/mol. The number of rotatable bonds is 4. The van der Waals surface area contributed by atoms with E-state index in [-0.39, 0.29) is 25.9 Å². The molecule has 0 aromatic carbocycles. The number of alkyl halides is 2. The van der Waals surface area contributed by atoms with Crippen LogP contribution in [-0.2, 0) is 24.4 Å². The number of halogens is 2. The summed E-state index contributed by atoms with van der Waals surface area (Å²) in [5, 5.41) is -4.67. The third-order valence-corrected chi connectivity index (χ3v) is 4.08. The first-order valence-electron chi connectivity index (χ1n) is 7.21. The van der Waals surface area contributed by atoms with Crippen LogP contribution in [0.1, 0.15) is 33.6 Å². The van der Waals surface area contributed by atoms with Crippen LogP contribution in [0.15, 0.2) is 0 Å². The highest BCUT2D eigenvalue weighted by Crippen LogP contribution is 2.24. The first-order valence-corrected chi connectivity index (χ1v) is 8.61. The Hall–Kier alpha value is -1.49. The average molecular weight is 372 g/mol. The van der Waals surface area contributed by atoms with Gasteiger partial charge in [0, 0.05) is 13.1 Å². The molecule has 140 valence electrons. The predicted octanol–water partition coefficient (Wildman–Crippen LogP) is 1.31. The molecule has 1 aliphatic heterocycles. The molecule has 8 nitrogen and oxygen atoms in total. The van der Waals surface area contributed by atoms with Crippen molar-refractivity contribution in [3.05, 3.63) is 0 Å². The number of carbonyl (C=O) groups is 2. The van der Waals surface area contributed by atoms with Gasteiger partial charge in [0.2, 0.25) is 0 Å². The van der Waals surface area contributed by atoms with E-state index >= 15 is 0 Å². The molecule has 24 heavy (non-hydrogen) atoms. The Morgan fingerprint density at radius 2 is 1.71 bits per heavy atom. The van der Waals surface area contributed by atoms with E-state index in [0.29, 0.717) is 0 Å². The average Bonchev–Trinajstić information content (AvgIpc) is 2.42. The van der Waals surface area contributed by atoms with Crippen molar-refractivity contribution in [1.82, 2.24) is 4.90 Å². The van der Waals surface area contributed by atoms with E-state index in [1.807, 2.05) is 0 Å². The van der Waals surface area contributed by atoms with Crippen LogP contribution >= 0.6 is 0 Å². The molecule has 0 spiro atoms. The summed E-state index contributed by atoms with van der Waals surface area (Å²) in [6.45, 7) is 3.65. The molecule has 1 amide bonds. The Labute approximate surface area is 138 Å². The first kappa shape index (κ1) is 20.6. The van der Waals surface area contributed by atoms with Crippen molar-refractivity contribution in [1.29, 1.82) is 0 Å². The fourth-order valence-corrected chi connectivity index (χ4v) is 2.17. The topological polar surface area (TPSA) is 113 Å². The standard InChI is InChI=1S/C13H21F2NO7S/c1-12(2,3)23-11(18)16-6-4-9(5-7-16)10(17)22-8-13(14,15)24(19,20)21/h9H,4-8H2,1-3H3,(H,19,20,21)/p-1. The van der Waals surface area contributed by atoms with Crippen LogP contribution in [0.25, 0.3) is 0 Å². The highest BCUT2D eigenvalue weighted by atomic mass is 32.2. The first-order chi connectivity index (χ1) is 10.7. The van der Waals surface area contributed by atoms with Crippen LogP contribution in [0.2, 0.25) is 0 Å². The number of carbonyl (C=O) groups excluding carboxylic acids is 2. The van der Waals surface area contributed by atoms with Crippen LogP contribution in [0.4, 0.5) is 13.6 Å². The largest absolute Gasteiger partial charge is 0.743 e. The SMILES string of the molecule is CC(C)(C)OC(=O)N1CCC(C(=O)OCC(F)(F)S(=O)(=O)[O-])CC1. The molecule has 0 atom stereocenters. The second kappa shape index (κ2) is 7.18. The Morgan fingerprint density at radius 1 is 1.21 bits per heavy atom. The molecule has 1 saturated heterocycles. The van der Waals surface area contributed by atoms with Crippen molar-refractivity contribution in [2.24, 2.45) is 5.92 Å². The van der Waals surface area contributed by atoms with Gasteiger partial charge >= 0.3 is 17.3 Å². The van der Waals surface area contributed by atoms with E-state index in [0.717, 1.165) is 0 Å². The number of amides is 1. The van der Waals surface area contributed by atoms with E-state index in [4.69, 9.17) is 4.74 Å². The molecule has 11 heteroatoms. The Bertz CT molecular complexity index is 578. The molecular weight excluding hydrogens is 352 g/mol. The Balaban J connectivity index is 2.48. The molecule has 0 aromatic rings. The lowest BCUT2D eigenvalue weighted by atomic mass is 9.97. The lowest BCUT2D eigenvalue weighted by molar-refractivity contribution is -0.156. The number of ether oxygens (including phenoxy) is 2. The van der Waals surface area contributed by atoms with Crippen molar-refractivity contribution < 1.29 is 40.8 Å². The zero-order valence-electron chi connectivity index (χ0n) is 13.6. The van der Waals surface area contributed by atoms with Gasteiger partial charge < -0.3 is 18.9 Å². The summed E-state index contributed by atoms with van der Waals surface area (Å²) in [6, 6.07) is 0. The number of nitrogens with zero attached hydrogens (tertiary/aromatic N) is 1. The second-order valence-electron chi connectivity index (χ2n) is 6.44. The van der Waals surface area contributed by atoms with Crippen molar-refractivity contribution in [2.75, 3.05) is 19.7 Å². The predicted molar refractivity (Wildman–Crippen MR) is 76.1 cm³/mol. The van der Waals surface area contributed by atoms with Gasteiger partial charge in [0.05, 0.1) is 5.92 Å². The lowest BCUT2D eigenvalue weighted by Gasteiger charge is -2.32. The minimum absolute atomic E-state index is 0.160. The molecule has 1 aliphatic rings. The van der Waals surface area contributed by atoms with Gasteiger partial charge in [-0.3, -0.25) is 4.79 Å². The Kier molecular flexibility index (Phi) is 6.15. The smallest absolute Gasteiger partial charge is 0.410 e. The van der Waals surface area contributed by atoms with Gasteiger partial charge in [-0.25, -0.2) is 13.2 Å². The molecule has 0 N–H and O–H groups in total. The van der Waals surface area contributed by atoms with E-state index < -0.39 is 45.6 Å². The summed E-state index contributed by atoms with van der Waals surface area (Å²) in [7, 11) is -5.90. The van der Waals surface area contributed by atoms with Crippen LogP contribution in [0, 0.1) is 5.92 Å². The summed E-state index contributed by atoms with van der Waals surface area (Å²) >= 11 is 0. The number of likely N-dealkylation sites (tertiary alicyclic amines) is 1. The minimum Gasteiger partial charge on any atom is -0.743 e. The van der Waals surface area contributed by atoms with Gasteiger partial charge in [-0.15, -0.1) is 0 Å². The molecule has 1 heterocycles. The zero-order chi connectivity index (χ0) is 18.8. The summed E-state index contributed by atoms with van der Waals surface area (Å²) in [5.41, 5.74) is -0.664. The van der Waals surface area contributed by atoms with Gasteiger partial charge in [0.25, 0.3) is 0 Å². The van der Waals surface area contributed by atoms with Crippen molar-refractivity contribution in [3.8, 4) is 0 Å². The number of hydrogen-bond donors (Lipinski definition) is 0. The van der Waals surface area contributed by atoms with Crippen molar-refractivity contribution >= 4 is 22.2 Å².